The molecule has 2 N–H and O–H groups in total. The number of carboxylic acids is 1. The number of H-pyrrole nitrogens is 1. The van der Waals surface area contributed by atoms with E-state index < -0.39 is 11.8 Å². The van der Waals surface area contributed by atoms with Gasteiger partial charge in [-0.1, -0.05) is 17.7 Å². The first-order chi connectivity index (χ1) is 16.0. The normalized spacial score (nSPS) is 18.4. The van der Waals surface area contributed by atoms with E-state index in [1.54, 1.807) is 36.5 Å². The summed E-state index contributed by atoms with van der Waals surface area (Å²) in [6, 6.07) is 13.9. The summed E-state index contributed by atoms with van der Waals surface area (Å²) in [4.78, 5) is 23.0. The minimum atomic E-state index is -0.737. The van der Waals surface area contributed by atoms with E-state index in [1.807, 2.05) is 12.1 Å². The monoisotopic (exact) mass is 465 g/mol. The first kappa shape index (κ1) is 21.4. The molecule has 2 heterocycles. The number of carbonyl (C=O) groups is 1. The van der Waals surface area contributed by atoms with Gasteiger partial charge in [-0.15, -0.1) is 0 Å². The van der Waals surface area contributed by atoms with Crippen LogP contribution in [-0.4, -0.2) is 32.1 Å². The number of carboxylic acid groups (broad SMARTS) is 1. The van der Waals surface area contributed by atoms with E-state index in [2.05, 4.69) is 15.0 Å². The molecule has 2 aromatic carbocycles. The van der Waals surface area contributed by atoms with Crippen LogP contribution in [0.15, 0.2) is 54.7 Å². The van der Waals surface area contributed by atoms with Crippen molar-refractivity contribution in [2.75, 3.05) is 0 Å². The van der Waals surface area contributed by atoms with Crippen LogP contribution >= 0.6 is 11.6 Å². The van der Waals surface area contributed by atoms with E-state index in [0.29, 0.717) is 59.1 Å². The summed E-state index contributed by atoms with van der Waals surface area (Å²) >= 11 is 6.02. The average Bonchev–Trinajstić information content (AvgIpc) is 3.22. The Morgan fingerprint density at radius 3 is 2.55 bits per heavy atom. The van der Waals surface area contributed by atoms with Gasteiger partial charge in [0, 0.05) is 22.8 Å². The SMILES string of the molecule is O=C(O)C1CCC(Oc2ccc(-c3ccc(-c4nc5ccc(Cl)cc5[nH]4)c(F)c3)cn2)CC1. The maximum atomic E-state index is 14.9. The van der Waals surface area contributed by atoms with Crippen LogP contribution in [0.1, 0.15) is 25.7 Å². The van der Waals surface area contributed by atoms with Crippen molar-refractivity contribution < 1.29 is 19.0 Å². The van der Waals surface area contributed by atoms with Gasteiger partial charge < -0.3 is 14.8 Å². The Morgan fingerprint density at radius 2 is 1.85 bits per heavy atom. The third kappa shape index (κ3) is 4.54. The molecular weight excluding hydrogens is 445 g/mol. The van der Waals surface area contributed by atoms with E-state index in [1.165, 1.54) is 6.07 Å². The summed E-state index contributed by atoms with van der Waals surface area (Å²) in [6.45, 7) is 0. The Labute approximate surface area is 194 Å². The fraction of sp³-hybridized carbons (Fsp3) is 0.240. The number of hydrogen-bond acceptors (Lipinski definition) is 4. The summed E-state index contributed by atoms with van der Waals surface area (Å²) < 4.78 is 20.8. The highest BCUT2D eigenvalue weighted by molar-refractivity contribution is 6.31. The van der Waals surface area contributed by atoms with E-state index >= 15 is 0 Å². The quantitative estimate of drug-likeness (QED) is 0.371. The first-order valence-electron chi connectivity index (χ1n) is 10.8. The number of nitrogens with zero attached hydrogens (tertiary/aromatic N) is 2. The summed E-state index contributed by atoms with van der Waals surface area (Å²) in [5.41, 5.74) is 3.29. The summed E-state index contributed by atoms with van der Waals surface area (Å²) in [5.74, 6) is -0.492. The Bertz CT molecular complexity index is 1310. The van der Waals surface area contributed by atoms with Crippen molar-refractivity contribution in [1.82, 2.24) is 15.0 Å². The zero-order valence-corrected chi connectivity index (χ0v) is 18.3. The minimum Gasteiger partial charge on any atom is -0.481 e. The number of fused-ring (bicyclic) bond motifs is 1. The molecule has 0 unspecified atom stereocenters. The van der Waals surface area contributed by atoms with Gasteiger partial charge in [0.15, 0.2) is 0 Å². The molecule has 6 nitrogen and oxygen atoms in total. The van der Waals surface area contributed by atoms with Crippen molar-refractivity contribution in [3.63, 3.8) is 0 Å². The second-order valence-corrected chi connectivity index (χ2v) is 8.69. The Morgan fingerprint density at radius 1 is 1.06 bits per heavy atom. The molecule has 0 saturated heterocycles. The number of rotatable bonds is 5. The van der Waals surface area contributed by atoms with Gasteiger partial charge in [0.1, 0.15) is 17.7 Å². The molecule has 5 rings (SSSR count). The van der Waals surface area contributed by atoms with Crippen LogP contribution in [0.5, 0.6) is 5.88 Å². The molecule has 0 aliphatic heterocycles. The van der Waals surface area contributed by atoms with Crippen molar-refractivity contribution in [2.45, 2.75) is 31.8 Å². The maximum Gasteiger partial charge on any atom is 0.306 e. The minimum absolute atomic E-state index is 0.0330. The molecule has 1 aliphatic carbocycles. The molecule has 0 spiro atoms. The largest absolute Gasteiger partial charge is 0.481 e. The molecule has 2 aromatic heterocycles. The number of imidazole rings is 1. The highest BCUT2D eigenvalue weighted by atomic mass is 35.5. The number of hydrogen-bond donors (Lipinski definition) is 2. The third-order valence-electron chi connectivity index (χ3n) is 6.05. The fourth-order valence-electron chi connectivity index (χ4n) is 4.22. The molecule has 168 valence electrons. The number of benzene rings is 2. The molecule has 0 radical (unpaired) electrons. The molecule has 33 heavy (non-hydrogen) atoms. The van der Waals surface area contributed by atoms with Gasteiger partial charge >= 0.3 is 5.97 Å². The van der Waals surface area contributed by atoms with Crippen LogP contribution in [-0.2, 0) is 4.79 Å². The summed E-state index contributed by atoms with van der Waals surface area (Å²) in [5, 5.41) is 9.69. The number of pyridine rings is 1. The zero-order chi connectivity index (χ0) is 22.9. The average molecular weight is 466 g/mol. The van der Waals surface area contributed by atoms with Crippen LogP contribution in [0, 0.1) is 11.7 Å². The zero-order valence-electron chi connectivity index (χ0n) is 17.6. The number of aliphatic carboxylic acids is 1. The van der Waals surface area contributed by atoms with Crippen LogP contribution in [0.3, 0.4) is 0 Å². The van der Waals surface area contributed by atoms with Gasteiger partial charge in [-0.3, -0.25) is 4.79 Å². The highest BCUT2D eigenvalue weighted by Gasteiger charge is 2.27. The standard InChI is InChI=1S/C25H21ClFN3O3/c26-17-5-9-21-22(12-17)30-24(29-21)19-8-3-15(11-20(19)27)16-4-10-23(28-13-16)33-18-6-1-14(2-7-18)25(31)32/h3-5,8-14,18H,1-2,6-7H2,(H,29,30)(H,31,32). The van der Waals surface area contributed by atoms with Crippen LogP contribution in [0.2, 0.25) is 5.02 Å². The highest BCUT2D eigenvalue weighted by Crippen LogP contribution is 2.30. The van der Waals surface area contributed by atoms with E-state index in [0.717, 1.165) is 11.1 Å². The number of aromatic amines is 1. The summed E-state index contributed by atoms with van der Waals surface area (Å²) in [7, 11) is 0. The predicted molar refractivity (Wildman–Crippen MR) is 124 cm³/mol. The van der Waals surface area contributed by atoms with Crippen molar-refractivity contribution >= 4 is 28.6 Å². The lowest BCUT2D eigenvalue weighted by Gasteiger charge is -2.26. The molecule has 4 aromatic rings. The first-order valence-corrected chi connectivity index (χ1v) is 11.1. The molecule has 0 atom stereocenters. The van der Waals surface area contributed by atoms with Crippen molar-refractivity contribution in [3.05, 3.63) is 65.6 Å². The van der Waals surface area contributed by atoms with Gasteiger partial charge in [-0.2, -0.15) is 0 Å². The maximum absolute atomic E-state index is 14.9. The van der Waals surface area contributed by atoms with E-state index in [4.69, 9.17) is 21.4 Å². The Kier molecular flexibility index (Phi) is 5.72. The van der Waals surface area contributed by atoms with Crippen molar-refractivity contribution in [3.8, 4) is 28.4 Å². The molecule has 1 aliphatic rings. The van der Waals surface area contributed by atoms with Gasteiger partial charge in [0.2, 0.25) is 5.88 Å². The number of aromatic nitrogens is 3. The van der Waals surface area contributed by atoms with Gasteiger partial charge in [0.05, 0.1) is 22.5 Å². The van der Waals surface area contributed by atoms with Crippen LogP contribution in [0.4, 0.5) is 4.39 Å². The van der Waals surface area contributed by atoms with Gasteiger partial charge in [-0.05, 0) is 67.6 Å². The summed E-state index contributed by atoms with van der Waals surface area (Å²) in [6.07, 6.45) is 4.23. The Balaban J connectivity index is 1.29. The predicted octanol–water partition coefficient (Wildman–Crippen LogP) is 6.11. The lowest BCUT2D eigenvalue weighted by atomic mass is 9.87. The van der Waals surface area contributed by atoms with Gasteiger partial charge in [0.25, 0.3) is 0 Å². The number of nitrogens with one attached hydrogen (secondary N) is 1. The van der Waals surface area contributed by atoms with Crippen LogP contribution < -0.4 is 4.74 Å². The van der Waals surface area contributed by atoms with Crippen molar-refractivity contribution in [1.29, 1.82) is 0 Å². The lowest BCUT2D eigenvalue weighted by molar-refractivity contribution is -0.143. The van der Waals surface area contributed by atoms with E-state index in [-0.39, 0.29) is 12.0 Å². The Hall–Kier alpha value is -3.45. The molecule has 1 fully saturated rings. The third-order valence-corrected chi connectivity index (χ3v) is 6.28. The van der Waals surface area contributed by atoms with E-state index in [9.17, 15) is 9.18 Å². The second-order valence-electron chi connectivity index (χ2n) is 8.26. The number of halogens is 2. The smallest absolute Gasteiger partial charge is 0.306 e. The molecule has 0 bridgehead atoms. The molecular formula is C25H21ClFN3O3. The number of ether oxygens (including phenoxy) is 1. The molecule has 1 saturated carbocycles. The second kappa shape index (κ2) is 8.83. The van der Waals surface area contributed by atoms with Crippen molar-refractivity contribution in [2.24, 2.45) is 5.92 Å². The van der Waals surface area contributed by atoms with Gasteiger partial charge in [-0.25, -0.2) is 14.4 Å². The topological polar surface area (TPSA) is 88.1 Å². The van der Waals surface area contributed by atoms with Crippen LogP contribution in [0.25, 0.3) is 33.5 Å². The molecule has 8 heteroatoms. The fourth-order valence-corrected chi connectivity index (χ4v) is 4.39. The lowest BCUT2D eigenvalue weighted by Crippen LogP contribution is -2.28. The molecule has 0 amide bonds.